The first kappa shape index (κ1) is 16.7. The highest BCUT2D eigenvalue weighted by Gasteiger charge is 2.25. The Kier molecular flexibility index (Phi) is 5.50. The van der Waals surface area contributed by atoms with Crippen LogP contribution < -0.4 is 5.32 Å². The number of nitrogens with one attached hydrogen (secondary N) is 1. The van der Waals surface area contributed by atoms with Crippen LogP contribution >= 0.6 is 11.3 Å². The molecule has 1 saturated heterocycles. The minimum Gasteiger partial charge on any atom is -0.393 e. The molecule has 7 heteroatoms. The van der Waals surface area contributed by atoms with Crippen LogP contribution in [0.5, 0.6) is 0 Å². The van der Waals surface area contributed by atoms with Crippen molar-refractivity contribution in [3.8, 4) is 0 Å². The lowest BCUT2D eigenvalue weighted by Gasteiger charge is -2.36. The summed E-state index contributed by atoms with van der Waals surface area (Å²) in [6.07, 6.45) is 5.15. The second-order valence-corrected chi connectivity index (χ2v) is 7.88. The predicted octanol–water partition coefficient (Wildman–Crippen LogP) is 1.58. The van der Waals surface area contributed by atoms with Gasteiger partial charge in [0.1, 0.15) is 0 Å². The summed E-state index contributed by atoms with van der Waals surface area (Å²) in [7, 11) is 0. The average Bonchev–Trinajstić information content (AvgIpc) is 2.95. The Balaban J connectivity index is 1.40. The maximum Gasteiger partial charge on any atom is 0.317 e. The normalized spacial score (nSPS) is 26.3. The van der Waals surface area contributed by atoms with Crippen LogP contribution in [0.3, 0.4) is 0 Å². The summed E-state index contributed by atoms with van der Waals surface area (Å²) in [5, 5.41) is 13.8. The molecular formula is C16H26N4O2S. The van der Waals surface area contributed by atoms with Crippen LogP contribution in [0.25, 0.3) is 0 Å². The van der Waals surface area contributed by atoms with Crippen molar-refractivity contribution in [3.63, 3.8) is 0 Å². The lowest BCUT2D eigenvalue weighted by atomic mass is 9.93. The van der Waals surface area contributed by atoms with E-state index in [2.05, 4.69) is 15.2 Å². The molecule has 1 aromatic rings. The zero-order valence-corrected chi connectivity index (χ0v) is 14.5. The largest absolute Gasteiger partial charge is 0.393 e. The molecule has 0 radical (unpaired) electrons. The fraction of sp³-hybridized carbons (Fsp3) is 0.750. The van der Waals surface area contributed by atoms with E-state index in [0.29, 0.717) is 0 Å². The predicted molar refractivity (Wildman–Crippen MR) is 90.5 cm³/mol. The molecule has 2 N–H and O–H groups in total. The summed E-state index contributed by atoms with van der Waals surface area (Å²) in [5.41, 5.74) is 0. The van der Waals surface area contributed by atoms with Crippen molar-refractivity contribution in [1.82, 2.24) is 20.1 Å². The molecule has 1 saturated carbocycles. The molecule has 0 atom stereocenters. The van der Waals surface area contributed by atoms with Crippen LogP contribution in [0.4, 0.5) is 4.79 Å². The Morgan fingerprint density at radius 3 is 2.61 bits per heavy atom. The van der Waals surface area contributed by atoms with Crippen LogP contribution in [0.15, 0.2) is 6.20 Å². The Morgan fingerprint density at radius 2 is 2.00 bits per heavy atom. The molecule has 2 heterocycles. The quantitative estimate of drug-likeness (QED) is 0.878. The van der Waals surface area contributed by atoms with Gasteiger partial charge in [-0.1, -0.05) is 0 Å². The molecule has 3 rings (SSSR count). The van der Waals surface area contributed by atoms with Crippen LogP contribution in [0.2, 0.25) is 0 Å². The summed E-state index contributed by atoms with van der Waals surface area (Å²) in [5.74, 6) is 0. The second kappa shape index (κ2) is 7.59. The molecule has 1 aliphatic carbocycles. The first-order valence-corrected chi connectivity index (χ1v) is 9.29. The minimum absolute atomic E-state index is 0.0553. The Morgan fingerprint density at radius 1 is 1.30 bits per heavy atom. The SMILES string of the molecule is Cc1ncc(CN2CCN(C(=O)NC3CCC(O)CC3)CC2)s1. The van der Waals surface area contributed by atoms with Gasteiger partial charge in [0.05, 0.1) is 11.1 Å². The van der Waals surface area contributed by atoms with Crippen LogP contribution in [-0.2, 0) is 6.54 Å². The number of hydrogen-bond acceptors (Lipinski definition) is 5. The lowest BCUT2D eigenvalue weighted by Crippen LogP contribution is -2.53. The zero-order chi connectivity index (χ0) is 16.2. The van der Waals surface area contributed by atoms with Gasteiger partial charge < -0.3 is 15.3 Å². The number of amides is 2. The third-order valence-corrected chi connectivity index (χ3v) is 5.63. The van der Waals surface area contributed by atoms with Gasteiger partial charge in [0.25, 0.3) is 0 Å². The smallest absolute Gasteiger partial charge is 0.317 e. The molecule has 128 valence electrons. The van der Waals surface area contributed by atoms with E-state index in [-0.39, 0.29) is 18.2 Å². The number of nitrogens with zero attached hydrogens (tertiary/aromatic N) is 3. The summed E-state index contributed by atoms with van der Waals surface area (Å²) in [4.78, 5) is 22.2. The molecule has 0 aromatic carbocycles. The van der Waals surface area contributed by atoms with Gasteiger partial charge in [-0.25, -0.2) is 9.78 Å². The van der Waals surface area contributed by atoms with Gasteiger partial charge in [-0.2, -0.15) is 0 Å². The third kappa shape index (κ3) is 4.65. The Hall–Kier alpha value is -1.18. The first-order valence-electron chi connectivity index (χ1n) is 8.47. The van der Waals surface area contributed by atoms with Gasteiger partial charge in [-0.3, -0.25) is 4.90 Å². The molecule has 1 aliphatic heterocycles. The van der Waals surface area contributed by atoms with Crippen molar-refractivity contribution in [2.24, 2.45) is 0 Å². The number of urea groups is 1. The van der Waals surface area contributed by atoms with Crippen LogP contribution in [0, 0.1) is 6.92 Å². The number of thiazole rings is 1. The summed E-state index contributed by atoms with van der Waals surface area (Å²) in [6, 6.07) is 0.281. The number of carbonyl (C=O) groups is 1. The minimum atomic E-state index is -0.179. The van der Waals surface area contributed by atoms with Crippen molar-refractivity contribution in [1.29, 1.82) is 0 Å². The van der Waals surface area contributed by atoms with Crippen molar-refractivity contribution in [3.05, 3.63) is 16.1 Å². The number of carbonyl (C=O) groups excluding carboxylic acids is 1. The van der Waals surface area contributed by atoms with E-state index in [0.717, 1.165) is 63.4 Å². The molecule has 0 bridgehead atoms. The molecule has 6 nitrogen and oxygen atoms in total. The standard InChI is InChI=1S/C16H26N4O2S/c1-12-17-10-15(23-12)11-19-6-8-20(9-7-19)16(22)18-13-2-4-14(21)5-3-13/h10,13-14,21H,2-9,11H2,1H3,(H,18,22). The van der Waals surface area contributed by atoms with Crippen molar-refractivity contribution < 1.29 is 9.90 Å². The first-order chi connectivity index (χ1) is 11.1. The van der Waals surface area contributed by atoms with Gasteiger partial charge >= 0.3 is 6.03 Å². The molecule has 2 amide bonds. The van der Waals surface area contributed by atoms with E-state index in [4.69, 9.17) is 0 Å². The van der Waals surface area contributed by atoms with Gasteiger partial charge in [0, 0.05) is 49.8 Å². The lowest BCUT2D eigenvalue weighted by molar-refractivity contribution is 0.109. The summed E-state index contributed by atoms with van der Waals surface area (Å²) < 4.78 is 0. The maximum absolute atomic E-state index is 12.3. The topological polar surface area (TPSA) is 68.7 Å². The monoisotopic (exact) mass is 338 g/mol. The van der Waals surface area contributed by atoms with E-state index in [1.165, 1.54) is 4.88 Å². The number of rotatable bonds is 3. The fourth-order valence-electron chi connectivity index (χ4n) is 3.29. The second-order valence-electron chi connectivity index (χ2n) is 6.56. The van der Waals surface area contributed by atoms with E-state index < -0.39 is 0 Å². The van der Waals surface area contributed by atoms with E-state index in [1.807, 2.05) is 18.0 Å². The van der Waals surface area contributed by atoms with Crippen molar-refractivity contribution >= 4 is 17.4 Å². The molecule has 1 aromatic heterocycles. The third-order valence-electron chi connectivity index (χ3n) is 4.73. The molecule has 23 heavy (non-hydrogen) atoms. The number of hydrogen-bond donors (Lipinski definition) is 2. The maximum atomic E-state index is 12.3. The number of aryl methyl sites for hydroxylation is 1. The van der Waals surface area contributed by atoms with Crippen LogP contribution in [0.1, 0.15) is 35.6 Å². The van der Waals surface area contributed by atoms with Gasteiger partial charge in [0.2, 0.25) is 0 Å². The van der Waals surface area contributed by atoms with E-state index >= 15 is 0 Å². The highest BCUT2D eigenvalue weighted by Crippen LogP contribution is 2.19. The molecule has 0 unspecified atom stereocenters. The average molecular weight is 338 g/mol. The zero-order valence-electron chi connectivity index (χ0n) is 13.7. The highest BCUT2D eigenvalue weighted by atomic mass is 32.1. The fourth-order valence-corrected chi connectivity index (χ4v) is 4.13. The van der Waals surface area contributed by atoms with Gasteiger partial charge in [0.15, 0.2) is 0 Å². The number of aliphatic hydroxyl groups is 1. The molecule has 0 spiro atoms. The van der Waals surface area contributed by atoms with Crippen molar-refractivity contribution in [2.75, 3.05) is 26.2 Å². The van der Waals surface area contributed by atoms with Crippen molar-refractivity contribution in [2.45, 2.75) is 51.3 Å². The molecule has 2 fully saturated rings. The number of aliphatic hydroxyl groups excluding tert-OH is 1. The Bertz CT molecular complexity index is 520. The molecular weight excluding hydrogens is 312 g/mol. The summed E-state index contributed by atoms with van der Waals surface area (Å²) in [6.45, 7) is 6.33. The van der Waals surface area contributed by atoms with Gasteiger partial charge in [-0.15, -0.1) is 11.3 Å². The Labute approximate surface area is 141 Å². The summed E-state index contributed by atoms with van der Waals surface area (Å²) >= 11 is 1.75. The molecule has 2 aliphatic rings. The number of aromatic nitrogens is 1. The van der Waals surface area contributed by atoms with E-state index in [9.17, 15) is 9.90 Å². The number of piperazine rings is 1. The highest BCUT2D eigenvalue weighted by molar-refractivity contribution is 7.11. The van der Waals surface area contributed by atoms with Crippen LogP contribution in [-0.4, -0.2) is 64.2 Å². The van der Waals surface area contributed by atoms with E-state index in [1.54, 1.807) is 11.3 Å². The van der Waals surface area contributed by atoms with Gasteiger partial charge in [-0.05, 0) is 32.6 Å².